The van der Waals surface area contributed by atoms with E-state index in [4.69, 9.17) is 26.6 Å². The second-order valence-corrected chi connectivity index (χ2v) is 8.54. The minimum atomic E-state index is -1.48. The van der Waals surface area contributed by atoms with Gasteiger partial charge in [-0.25, -0.2) is 9.79 Å². The van der Waals surface area contributed by atoms with Gasteiger partial charge in [-0.1, -0.05) is 11.6 Å². The number of aliphatic hydroxyl groups excluding tert-OH is 1. The van der Waals surface area contributed by atoms with Crippen molar-refractivity contribution in [2.75, 3.05) is 13.2 Å². The van der Waals surface area contributed by atoms with Crippen LogP contribution in [0.5, 0.6) is 5.75 Å². The Morgan fingerprint density at radius 1 is 1.36 bits per heavy atom. The number of aromatic hydroxyl groups is 1. The Bertz CT molecular complexity index is 1180. The third-order valence-electron chi connectivity index (χ3n) is 5.54. The molecule has 3 rings (SSSR count). The van der Waals surface area contributed by atoms with Crippen molar-refractivity contribution in [1.29, 1.82) is 0 Å². The highest BCUT2D eigenvalue weighted by molar-refractivity contribution is 6.32. The molecular weight excluding hydrogens is 456 g/mol. The molecule has 0 fully saturated rings. The topological polar surface area (TPSA) is 162 Å². The highest BCUT2D eigenvalue weighted by Gasteiger charge is 2.41. The van der Waals surface area contributed by atoms with E-state index in [9.17, 15) is 19.5 Å². The van der Waals surface area contributed by atoms with Crippen molar-refractivity contribution in [3.05, 3.63) is 28.4 Å². The maximum absolute atomic E-state index is 12.9. The number of aromatic nitrogens is 1. The summed E-state index contributed by atoms with van der Waals surface area (Å²) in [6, 6.07) is -0.857. The van der Waals surface area contributed by atoms with E-state index in [-0.39, 0.29) is 18.3 Å². The number of amides is 2. The molecular formula is C21H25ClN4O7. The number of carboxylic acid groups (broad SMARTS) is 1. The van der Waals surface area contributed by atoms with Crippen LogP contribution < -0.4 is 10.6 Å². The van der Waals surface area contributed by atoms with E-state index in [0.29, 0.717) is 27.1 Å². The maximum Gasteiger partial charge on any atom is 0.328 e. The van der Waals surface area contributed by atoms with E-state index in [0.717, 1.165) is 0 Å². The Balaban J connectivity index is 1.83. The number of aliphatic carboxylic acids is 1. The van der Waals surface area contributed by atoms with E-state index in [1.54, 1.807) is 30.8 Å². The van der Waals surface area contributed by atoms with Gasteiger partial charge in [0.05, 0.1) is 23.1 Å². The molecule has 0 spiro atoms. The minimum Gasteiger partial charge on any atom is -0.507 e. The zero-order chi connectivity index (χ0) is 24.7. The fourth-order valence-corrected chi connectivity index (χ4v) is 3.60. The smallest absolute Gasteiger partial charge is 0.328 e. The van der Waals surface area contributed by atoms with Gasteiger partial charge in [-0.3, -0.25) is 9.59 Å². The van der Waals surface area contributed by atoms with E-state index in [2.05, 4.69) is 15.6 Å². The number of carboxylic acids is 1. The molecule has 3 atom stereocenters. The number of nitrogens with zero attached hydrogens (tertiary/aromatic N) is 2. The number of rotatable bonds is 7. The van der Waals surface area contributed by atoms with Crippen molar-refractivity contribution in [3.8, 4) is 5.75 Å². The second kappa shape index (κ2) is 8.91. The van der Waals surface area contributed by atoms with E-state index in [1.807, 2.05) is 0 Å². The van der Waals surface area contributed by atoms with Crippen LogP contribution in [0.3, 0.4) is 0 Å². The van der Waals surface area contributed by atoms with Gasteiger partial charge in [0.25, 0.3) is 5.91 Å². The number of nitrogens with one attached hydrogen (secondary N) is 2. The maximum atomic E-state index is 12.9. The molecule has 0 saturated heterocycles. The first-order valence-corrected chi connectivity index (χ1v) is 10.4. The van der Waals surface area contributed by atoms with Gasteiger partial charge < -0.3 is 35.3 Å². The molecule has 33 heavy (non-hydrogen) atoms. The van der Waals surface area contributed by atoms with Crippen LogP contribution in [0, 0.1) is 6.92 Å². The summed E-state index contributed by atoms with van der Waals surface area (Å²) in [5, 5.41) is 34.2. The monoisotopic (exact) mass is 480 g/mol. The van der Waals surface area contributed by atoms with E-state index in [1.165, 1.54) is 13.8 Å². The number of ether oxygens (including phenoxy) is 1. The molecule has 0 unspecified atom stereocenters. The average Bonchev–Trinajstić information content (AvgIpc) is 3.31. The third-order valence-corrected chi connectivity index (χ3v) is 5.93. The Kier molecular flexibility index (Phi) is 6.57. The molecule has 2 heterocycles. The molecule has 11 nitrogen and oxygen atoms in total. The number of halogens is 1. The molecule has 0 radical (unpaired) electrons. The normalized spacial score (nSPS) is 19.5. The van der Waals surface area contributed by atoms with Gasteiger partial charge in [0.15, 0.2) is 5.54 Å². The first-order chi connectivity index (χ1) is 15.4. The van der Waals surface area contributed by atoms with Crippen LogP contribution >= 0.6 is 11.6 Å². The summed E-state index contributed by atoms with van der Waals surface area (Å²) in [6.45, 7) is 3.69. The zero-order valence-electron chi connectivity index (χ0n) is 18.5. The van der Waals surface area contributed by atoms with E-state index >= 15 is 0 Å². The quantitative estimate of drug-likeness (QED) is 0.384. The summed E-state index contributed by atoms with van der Waals surface area (Å²) in [7, 11) is 1.77. The van der Waals surface area contributed by atoms with Crippen molar-refractivity contribution in [2.45, 2.75) is 38.4 Å². The molecule has 178 valence electrons. The molecule has 2 amide bonds. The molecule has 5 N–H and O–H groups in total. The largest absolute Gasteiger partial charge is 0.507 e. The number of carbonyl (C=O) groups is 3. The lowest BCUT2D eigenvalue weighted by Crippen LogP contribution is -2.55. The van der Waals surface area contributed by atoms with Crippen LogP contribution in [0.1, 0.15) is 25.0 Å². The number of aliphatic hydroxyl groups is 1. The van der Waals surface area contributed by atoms with Gasteiger partial charge in [0.2, 0.25) is 11.8 Å². The number of benzene rings is 1. The summed E-state index contributed by atoms with van der Waals surface area (Å²) < 4.78 is 7.45. The van der Waals surface area contributed by atoms with Crippen LogP contribution in [0.25, 0.3) is 10.9 Å². The lowest BCUT2D eigenvalue weighted by Gasteiger charge is -2.22. The van der Waals surface area contributed by atoms with Gasteiger partial charge in [0.1, 0.15) is 24.4 Å². The number of aliphatic imine (C=N–C) groups is 1. The number of hydrogen-bond donors (Lipinski definition) is 5. The van der Waals surface area contributed by atoms with Crippen LogP contribution in [-0.4, -0.2) is 74.4 Å². The lowest BCUT2D eigenvalue weighted by atomic mass is 10.0. The summed E-state index contributed by atoms with van der Waals surface area (Å²) in [4.78, 5) is 40.5. The van der Waals surface area contributed by atoms with Crippen molar-refractivity contribution >= 4 is 46.2 Å². The van der Waals surface area contributed by atoms with Gasteiger partial charge >= 0.3 is 5.97 Å². The molecule has 0 aliphatic carbocycles. The van der Waals surface area contributed by atoms with E-state index < -0.39 is 42.0 Å². The number of phenols is 1. The highest BCUT2D eigenvalue weighted by Crippen LogP contribution is 2.38. The first kappa shape index (κ1) is 24.3. The van der Waals surface area contributed by atoms with Gasteiger partial charge in [-0.15, -0.1) is 0 Å². The predicted octanol–water partition coefficient (Wildman–Crippen LogP) is 0.448. The first-order valence-electron chi connectivity index (χ1n) is 10.0. The molecule has 1 aliphatic heterocycles. The van der Waals surface area contributed by atoms with Crippen LogP contribution in [-0.2, 0) is 26.2 Å². The van der Waals surface area contributed by atoms with Crippen molar-refractivity contribution in [2.24, 2.45) is 12.0 Å². The van der Waals surface area contributed by atoms with Gasteiger partial charge in [-0.2, -0.15) is 0 Å². The number of phenolic OH excluding ortho intramolecular Hbond substituents is 1. The Hall–Kier alpha value is -3.31. The second-order valence-electron chi connectivity index (χ2n) is 8.14. The predicted molar refractivity (Wildman–Crippen MR) is 119 cm³/mol. The summed E-state index contributed by atoms with van der Waals surface area (Å²) in [6.07, 6.45) is 1.71. The molecule has 0 saturated carbocycles. The van der Waals surface area contributed by atoms with Crippen molar-refractivity contribution in [3.63, 3.8) is 0 Å². The Labute approximate surface area is 194 Å². The third kappa shape index (κ3) is 4.46. The zero-order valence-corrected chi connectivity index (χ0v) is 19.2. The number of hydrogen-bond acceptors (Lipinski definition) is 7. The van der Waals surface area contributed by atoms with Crippen LogP contribution in [0.4, 0.5) is 0 Å². The Morgan fingerprint density at radius 3 is 2.64 bits per heavy atom. The summed E-state index contributed by atoms with van der Waals surface area (Å²) in [5.74, 6) is -2.65. The average molecular weight is 481 g/mol. The molecule has 1 aromatic heterocycles. The fraction of sp³-hybridized carbons (Fsp3) is 0.429. The minimum absolute atomic E-state index is 0.0142. The highest BCUT2D eigenvalue weighted by atomic mass is 35.5. The number of carbonyl (C=O) groups excluding carboxylic acids is 2. The Morgan fingerprint density at radius 2 is 2.03 bits per heavy atom. The number of aryl methyl sites for hydroxylation is 1. The number of fused-ring (bicyclic) bond motifs is 1. The van der Waals surface area contributed by atoms with Gasteiger partial charge in [-0.05, 0) is 26.8 Å². The van der Waals surface area contributed by atoms with Crippen molar-refractivity contribution < 1.29 is 34.4 Å². The van der Waals surface area contributed by atoms with Crippen molar-refractivity contribution in [1.82, 2.24) is 15.2 Å². The molecule has 12 heteroatoms. The fourth-order valence-electron chi connectivity index (χ4n) is 3.41. The molecule has 1 aromatic carbocycles. The molecule has 2 aromatic rings. The lowest BCUT2D eigenvalue weighted by molar-refractivity contribution is -0.143. The molecule has 1 aliphatic rings. The van der Waals surface area contributed by atoms with Gasteiger partial charge in [0, 0.05) is 23.8 Å². The standard InChI is InChI=1S/C21H25ClN4O7/c1-9-12(22)5-14-15(16(9)28)11(6-26(14)4)18-25-21(3,8-33-18)20(32)23-10(2)17(29)24-13(7-27)19(30)31/h5-6,10,13,27-28H,7-8H2,1-4H3,(H,23,32)(H,24,29)(H,30,31)/t10-,13+,21-/m1/s1. The summed E-state index contributed by atoms with van der Waals surface area (Å²) in [5.41, 5.74) is 0.272. The SMILES string of the molecule is Cc1c(Cl)cc2c(c(C3=N[C@@](C)(C(=O)N[C@H](C)C(=O)N[C@@H](CO)C(=O)O)CO3)cn2C)c1O. The van der Waals surface area contributed by atoms with Crippen LogP contribution in [0.15, 0.2) is 17.3 Å². The summed E-state index contributed by atoms with van der Waals surface area (Å²) >= 11 is 6.19. The van der Waals surface area contributed by atoms with Crippen LogP contribution in [0.2, 0.25) is 5.02 Å². The molecule has 0 bridgehead atoms.